The summed E-state index contributed by atoms with van der Waals surface area (Å²) >= 11 is 0. The van der Waals surface area contributed by atoms with E-state index in [-0.39, 0.29) is 12.5 Å². The molecule has 0 saturated heterocycles. The number of hydrogen-bond donors (Lipinski definition) is 1. The minimum absolute atomic E-state index is 0.0850. The summed E-state index contributed by atoms with van der Waals surface area (Å²) in [5, 5.41) is 7.50. The zero-order valence-electron chi connectivity index (χ0n) is 15.8. The molecule has 1 aromatic heterocycles. The Morgan fingerprint density at radius 2 is 1.81 bits per heavy atom. The summed E-state index contributed by atoms with van der Waals surface area (Å²) in [6.45, 7) is 0.639. The van der Waals surface area contributed by atoms with Crippen molar-refractivity contribution in [2.75, 3.05) is 26.1 Å². The van der Waals surface area contributed by atoms with E-state index in [0.717, 1.165) is 28.3 Å². The first kappa shape index (κ1) is 18.5. The summed E-state index contributed by atoms with van der Waals surface area (Å²) in [5.41, 5.74) is 3.10. The van der Waals surface area contributed by atoms with Crippen LogP contribution in [0.1, 0.15) is 5.56 Å². The lowest BCUT2D eigenvalue weighted by Crippen LogP contribution is -2.27. The molecular formula is C21H24N4O2. The summed E-state index contributed by atoms with van der Waals surface area (Å²) < 4.78 is 6.82. The van der Waals surface area contributed by atoms with Crippen molar-refractivity contribution in [3.8, 4) is 16.9 Å². The molecule has 0 atom stereocenters. The highest BCUT2D eigenvalue weighted by Gasteiger charge is 2.14. The molecule has 6 heteroatoms. The van der Waals surface area contributed by atoms with Crippen molar-refractivity contribution in [3.63, 3.8) is 0 Å². The smallest absolute Gasteiger partial charge is 0.241 e. The molecule has 27 heavy (non-hydrogen) atoms. The number of anilines is 1. The molecule has 1 heterocycles. The fourth-order valence-corrected chi connectivity index (χ4v) is 2.79. The van der Waals surface area contributed by atoms with Crippen LogP contribution < -0.4 is 15.0 Å². The van der Waals surface area contributed by atoms with Gasteiger partial charge in [0.2, 0.25) is 5.91 Å². The number of nitrogens with zero attached hydrogens (tertiary/aromatic N) is 3. The average molecular weight is 364 g/mol. The maximum Gasteiger partial charge on any atom is 0.241 e. The second kappa shape index (κ2) is 8.40. The fraction of sp³-hybridized carbons (Fsp3) is 0.238. The molecule has 0 fully saturated rings. The molecule has 6 nitrogen and oxygen atoms in total. The molecule has 3 aromatic rings. The molecule has 140 valence electrons. The van der Waals surface area contributed by atoms with Crippen LogP contribution in [0.4, 0.5) is 5.82 Å². The standard InChI is InChI=1S/C21H24N4O2/c1-24(2)21-19(17-7-5-4-6-8-17)14-25(23-21)15-20(26)22-13-16-9-11-18(27-3)12-10-16/h4-12,14H,13,15H2,1-3H3,(H,22,26). The van der Waals surface area contributed by atoms with Crippen LogP contribution in [0.3, 0.4) is 0 Å². The summed E-state index contributed by atoms with van der Waals surface area (Å²) in [6, 6.07) is 17.7. The molecule has 0 aliphatic rings. The van der Waals surface area contributed by atoms with Crippen LogP contribution in [0, 0.1) is 0 Å². The molecule has 1 N–H and O–H groups in total. The van der Waals surface area contributed by atoms with E-state index in [0.29, 0.717) is 6.54 Å². The maximum atomic E-state index is 12.3. The molecule has 0 saturated carbocycles. The summed E-state index contributed by atoms with van der Waals surface area (Å²) in [7, 11) is 5.53. The molecule has 0 aliphatic heterocycles. The fourth-order valence-electron chi connectivity index (χ4n) is 2.79. The lowest BCUT2D eigenvalue weighted by atomic mass is 10.1. The number of carbonyl (C=O) groups excluding carboxylic acids is 1. The van der Waals surface area contributed by atoms with Gasteiger partial charge in [-0.3, -0.25) is 9.48 Å². The Labute approximate surface area is 159 Å². The van der Waals surface area contributed by atoms with E-state index in [1.54, 1.807) is 11.8 Å². The van der Waals surface area contributed by atoms with Crippen molar-refractivity contribution >= 4 is 11.7 Å². The van der Waals surface area contributed by atoms with Crippen molar-refractivity contribution in [1.29, 1.82) is 0 Å². The minimum atomic E-state index is -0.0850. The monoisotopic (exact) mass is 364 g/mol. The molecule has 0 spiro atoms. The Kier molecular flexibility index (Phi) is 5.76. The number of amides is 1. The number of nitrogens with one attached hydrogen (secondary N) is 1. The van der Waals surface area contributed by atoms with Crippen LogP contribution in [0.5, 0.6) is 5.75 Å². The largest absolute Gasteiger partial charge is 0.497 e. The van der Waals surface area contributed by atoms with Gasteiger partial charge in [0.25, 0.3) is 0 Å². The summed E-state index contributed by atoms with van der Waals surface area (Å²) in [5.74, 6) is 1.55. The molecular weight excluding hydrogens is 340 g/mol. The lowest BCUT2D eigenvalue weighted by Gasteiger charge is -2.11. The molecule has 0 unspecified atom stereocenters. The Morgan fingerprint density at radius 3 is 2.44 bits per heavy atom. The van der Waals surface area contributed by atoms with Crippen molar-refractivity contribution in [1.82, 2.24) is 15.1 Å². The first-order chi connectivity index (χ1) is 13.1. The van der Waals surface area contributed by atoms with E-state index >= 15 is 0 Å². The number of methoxy groups -OCH3 is 1. The van der Waals surface area contributed by atoms with Crippen LogP contribution in [-0.2, 0) is 17.9 Å². The maximum absolute atomic E-state index is 12.3. The van der Waals surface area contributed by atoms with Gasteiger partial charge in [0.1, 0.15) is 12.3 Å². The minimum Gasteiger partial charge on any atom is -0.497 e. The van der Waals surface area contributed by atoms with E-state index in [1.165, 1.54) is 0 Å². The quantitative estimate of drug-likeness (QED) is 0.700. The predicted octanol–water partition coefficient (Wildman–Crippen LogP) is 2.94. The van der Waals surface area contributed by atoms with E-state index in [2.05, 4.69) is 10.4 Å². The van der Waals surface area contributed by atoms with Crippen LogP contribution in [0.15, 0.2) is 60.8 Å². The van der Waals surface area contributed by atoms with Gasteiger partial charge >= 0.3 is 0 Å². The second-order valence-corrected chi connectivity index (χ2v) is 6.45. The molecule has 1 amide bonds. The Balaban J connectivity index is 1.66. The predicted molar refractivity (Wildman–Crippen MR) is 107 cm³/mol. The highest BCUT2D eigenvalue weighted by atomic mass is 16.5. The van der Waals surface area contributed by atoms with Gasteiger partial charge in [-0.05, 0) is 23.3 Å². The normalized spacial score (nSPS) is 10.5. The van der Waals surface area contributed by atoms with Gasteiger partial charge in [0.15, 0.2) is 5.82 Å². The number of hydrogen-bond acceptors (Lipinski definition) is 4. The van der Waals surface area contributed by atoms with Crippen LogP contribution >= 0.6 is 0 Å². The Morgan fingerprint density at radius 1 is 1.11 bits per heavy atom. The third-order valence-corrected chi connectivity index (χ3v) is 4.20. The highest BCUT2D eigenvalue weighted by Crippen LogP contribution is 2.28. The Hall–Kier alpha value is -3.28. The van der Waals surface area contributed by atoms with Gasteiger partial charge in [-0.25, -0.2) is 0 Å². The van der Waals surface area contributed by atoms with Crippen LogP contribution in [0.2, 0.25) is 0 Å². The number of carbonyl (C=O) groups is 1. The van der Waals surface area contributed by atoms with Gasteiger partial charge in [-0.2, -0.15) is 5.10 Å². The van der Waals surface area contributed by atoms with Crippen molar-refractivity contribution in [3.05, 3.63) is 66.4 Å². The Bertz CT molecular complexity index is 886. The number of benzene rings is 2. The topological polar surface area (TPSA) is 59.4 Å². The molecule has 2 aromatic carbocycles. The average Bonchev–Trinajstić information content (AvgIpc) is 3.11. The number of aromatic nitrogens is 2. The second-order valence-electron chi connectivity index (χ2n) is 6.45. The molecule has 0 bridgehead atoms. The molecule has 0 aliphatic carbocycles. The summed E-state index contributed by atoms with van der Waals surface area (Å²) in [4.78, 5) is 14.3. The van der Waals surface area contributed by atoms with Crippen molar-refractivity contribution in [2.45, 2.75) is 13.1 Å². The first-order valence-corrected chi connectivity index (χ1v) is 8.76. The zero-order chi connectivity index (χ0) is 19.2. The van der Waals surface area contributed by atoms with Gasteiger partial charge in [0, 0.05) is 32.4 Å². The zero-order valence-corrected chi connectivity index (χ0v) is 15.8. The lowest BCUT2D eigenvalue weighted by molar-refractivity contribution is -0.122. The third kappa shape index (κ3) is 4.67. The van der Waals surface area contributed by atoms with Crippen LogP contribution in [-0.4, -0.2) is 36.9 Å². The highest BCUT2D eigenvalue weighted by molar-refractivity contribution is 5.78. The van der Waals surface area contributed by atoms with Gasteiger partial charge in [0.05, 0.1) is 7.11 Å². The molecule has 3 rings (SSSR count). The SMILES string of the molecule is COc1ccc(CNC(=O)Cn2cc(-c3ccccc3)c(N(C)C)n2)cc1. The summed E-state index contributed by atoms with van der Waals surface area (Å²) in [6.07, 6.45) is 1.91. The third-order valence-electron chi connectivity index (χ3n) is 4.20. The number of rotatable bonds is 7. The van der Waals surface area contributed by atoms with Crippen LogP contribution in [0.25, 0.3) is 11.1 Å². The van der Waals surface area contributed by atoms with E-state index < -0.39 is 0 Å². The van der Waals surface area contributed by atoms with E-state index in [1.807, 2.05) is 79.8 Å². The van der Waals surface area contributed by atoms with Gasteiger partial charge < -0.3 is 15.0 Å². The first-order valence-electron chi connectivity index (χ1n) is 8.76. The van der Waals surface area contributed by atoms with Crippen molar-refractivity contribution in [2.24, 2.45) is 0 Å². The van der Waals surface area contributed by atoms with Crippen molar-refractivity contribution < 1.29 is 9.53 Å². The van der Waals surface area contributed by atoms with Gasteiger partial charge in [-0.15, -0.1) is 0 Å². The van der Waals surface area contributed by atoms with Gasteiger partial charge in [-0.1, -0.05) is 42.5 Å². The molecule has 0 radical (unpaired) electrons. The number of ether oxygens (including phenoxy) is 1. The van der Waals surface area contributed by atoms with E-state index in [4.69, 9.17) is 4.74 Å². The van der Waals surface area contributed by atoms with E-state index in [9.17, 15) is 4.79 Å².